The molecule has 0 spiro atoms. The van der Waals surface area contributed by atoms with Gasteiger partial charge in [0.15, 0.2) is 26.2 Å². The van der Waals surface area contributed by atoms with Crippen molar-refractivity contribution < 1.29 is 28.3 Å². The fourth-order valence-corrected chi connectivity index (χ4v) is 4.88. The van der Waals surface area contributed by atoms with Crippen LogP contribution in [0.2, 0.25) is 18.1 Å². The molecule has 10 nitrogen and oxygen atoms in total. The lowest BCUT2D eigenvalue weighted by atomic mass is 10.1. The summed E-state index contributed by atoms with van der Waals surface area (Å²) in [4.78, 5) is 28.1. The molecule has 12 heteroatoms. The third kappa shape index (κ3) is 4.22. The molecular formula is C17H27N3O7PSi+. The van der Waals surface area contributed by atoms with E-state index in [2.05, 4.69) is 30.7 Å². The Morgan fingerprint density at radius 1 is 1.38 bits per heavy atom. The van der Waals surface area contributed by atoms with Gasteiger partial charge in [-0.2, -0.15) is 0 Å². The summed E-state index contributed by atoms with van der Waals surface area (Å²) in [5, 5.41) is 9.77. The summed E-state index contributed by atoms with van der Waals surface area (Å²) < 4.78 is 30.9. The fourth-order valence-electron chi connectivity index (χ4n) is 3.13. The molecule has 0 saturated carbocycles. The van der Waals surface area contributed by atoms with Gasteiger partial charge in [0.2, 0.25) is 0 Å². The van der Waals surface area contributed by atoms with Gasteiger partial charge in [-0.1, -0.05) is 20.8 Å². The molecule has 0 aliphatic carbocycles. The smallest absolute Gasteiger partial charge is 0.408 e. The lowest BCUT2D eigenvalue weighted by molar-refractivity contribution is -0.0478. The molecule has 2 aromatic rings. The first-order chi connectivity index (χ1) is 13.5. The predicted molar refractivity (Wildman–Crippen MR) is 108 cm³/mol. The normalized spacial score (nSPS) is 26.2. The summed E-state index contributed by atoms with van der Waals surface area (Å²) in [7, 11) is -5.29. The molecule has 5 atom stereocenters. The van der Waals surface area contributed by atoms with Crippen LogP contribution < -0.4 is 5.56 Å². The minimum atomic E-state index is -2.96. The number of fused-ring (bicyclic) bond motifs is 1. The maximum absolute atomic E-state index is 12.0. The molecule has 2 aromatic heterocycles. The minimum Gasteiger partial charge on any atom is -0.408 e. The average molecular weight is 444 g/mol. The van der Waals surface area contributed by atoms with Crippen LogP contribution in [0.3, 0.4) is 0 Å². The van der Waals surface area contributed by atoms with Gasteiger partial charge >= 0.3 is 8.25 Å². The van der Waals surface area contributed by atoms with Crippen LogP contribution >= 0.6 is 8.25 Å². The van der Waals surface area contributed by atoms with Gasteiger partial charge < -0.3 is 23.8 Å². The van der Waals surface area contributed by atoms with Crippen LogP contribution in [-0.2, 0) is 18.3 Å². The second-order valence-electron chi connectivity index (χ2n) is 8.59. The number of nitrogens with zero attached hydrogens (tertiary/aromatic N) is 2. The van der Waals surface area contributed by atoms with Crippen LogP contribution in [0.25, 0.3) is 11.0 Å². The number of aromatic nitrogens is 3. The highest BCUT2D eigenvalue weighted by Gasteiger charge is 2.54. The highest BCUT2D eigenvalue weighted by Crippen LogP contribution is 2.44. The molecule has 29 heavy (non-hydrogen) atoms. The zero-order valence-electron chi connectivity index (χ0n) is 17.0. The van der Waals surface area contributed by atoms with E-state index in [9.17, 15) is 19.4 Å². The van der Waals surface area contributed by atoms with Crippen LogP contribution in [-0.4, -0.2) is 57.8 Å². The van der Waals surface area contributed by atoms with Gasteiger partial charge in [0.1, 0.15) is 12.2 Å². The molecule has 3 rings (SSSR count). The summed E-state index contributed by atoms with van der Waals surface area (Å²) in [5.74, 6) is 0. The van der Waals surface area contributed by atoms with Crippen molar-refractivity contribution in [1.29, 1.82) is 0 Å². The molecule has 1 fully saturated rings. The molecule has 3 unspecified atom stereocenters. The zero-order valence-corrected chi connectivity index (χ0v) is 18.9. The van der Waals surface area contributed by atoms with Crippen LogP contribution in [0.5, 0.6) is 0 Å². The van der Waals surface area contributed by atoms with E-state index in [1.165, 1.54) is 12.5 Å². The number of hydrogen-bond donors (Lipinski definition) is 3. The molecule has 0 amide bonds. The summed E-state index contributed by atoms with van der Waals surface area (Å²) in [6.07, 6.45) is -0.529. The van der Waals surface area contributed by atoms with Gasteiger partial charge in [0.25, 0.3) is 5.56 Å². The van der Waals surface area contributed by atoms with Gasteiger partial charge in [-0.25, -0.2) is 4.98 Å². The Morgan fingerprint density at radius 2 is 2.07 bits per heavy atom. The van der Waals surface area contributed by atoms with E-state index in [0.717, 1.165) is 0 Å². The van der Waals surface area contributed by atoms with Gasteiger partial charge in [-0.3, -0.25) is 4.79 Å². The fraction of sp³-hybridized carbons (Fsp3) is 0.647. The van der Waals surface area contributed by atoms with Crippen molar-refractivity contribution in [3.63, 3.8) is 0 Å². The predicted octanol–water partition coefficient (Wildman–Crippen LogP) is 2.04. The van der Waals surface area contributed by atoms with Crippen LogP contribution in [0.1, 0.15) is 27.0 Å². The largest absolute Gasteiger partial charge is 0.695 e. The Bertz CT molecular complexity index is 954. The number of aliphatic hydroxyl groups excluding tert-OH is 1. The maximum Gasteiger partial charge on any atom is 0.695 e. The quantitative estimate of drug-likeness (QED) is 0.455. The highest BCUT2D eigenvalue weighted by atomic mass is 31.1. The lowest BCUT2D eigenvalue weighted by Gasteiger charge is -2.39. The van der Waals surface area contributed by atoms with Crippen molar-refractivity contribution in [2.75, 3.05) is 6.61 Å². The average Bonchev–Trinajstić information content (AvgIpc) is 3.16. The first-order valence-corrected chi connectivity index (χ1v) is 13.3. The summed E-state index contributed by atoms with van der Waals surface area (Å²) in [6, 6.07) is 1.65. The van der Waals surface area contributed by atoms with Crippen LogP contribution in [0.15, 0.2) is 23.4 Å². The van der Waals surface area contributed by atoms with E-state index in [-0.39, 0.29) is 22.7 Å². The number of aliphatic hydroxyl groups is 1. The number of rotatable bonds is 6. The van der Waals surface area contributed by atoms with Gasteiger partial charge in [0.05, 0.1) is 18.5 Å². The van der Waals surface area contributed by atoms with E-state index < -0.39 is 41.1 Å². The monoisotopic (exact) mass is 444 g/mol. The molecule has 0 bridgehead atoms. The van der Waals surface area contributed by atoms with E-state index >= 15 is 0 Å². The number of nitrogens with one attached hydrogen (secondary N) is 1. The Labute approximate surface area is 169 Å². The molecule has 160 valence electrons. The molecule has 3 N–H and O–H groups in total. The number of ether oxygens (including phenoxy) is 1. The van der Waals surface area contributed by atoms with Crippen molar-refractivity contribution in [2.45, 2.75) is 63.4 Å². The number of H-pyrrole nitrogens is 1. The molecule has 0 radical (unpaired) electrons. The number of aromatic amines is 1. The van der Waals surface area contributed by atoms with E-state index in [4.69, 9.17) is 13.7 Å². The van der Waals surface area contributed by atoms with Crippen LogP contribution in [0.4, 0.5) is 0 Å². The van der Waals surface area contributed by atoms with E-state index in [1.807, 2.05) is 13.1 Å². The van der Waals surface area contributed by atoms with Crippen molar-refractivity contribution >= 4 is 27.6 Å². The Hall–Kier alpha value is -1.46. The number of pyridine rings is 1. The first kappa shape index (κ1) is 22.2. The lowest BCUT2D eigenvalue weighted by Crippen LogP contribution is -2.50. The van der Waals surface area contributed by atoms with Crippen molar-refractivity contribution in [2.24, 2.45) is 0 Å². The molecule has 1 saturated heterocycles. The minimum absolute atomic E-state index is 0.133. The van der Waals surface area contributed by atoms with Gasteiger partial charge in [-0.05, 0) is 24.2 Å². The van der Waals surface area contributed by atoms with E-state index in [0.29, 0.717) is 5.52 Å². The topological polar surface area (TPSA) is 136 Å². The summed E-state index contributed by atoms with van der Waals surface area (Å²) >= 11 is 0. The van der Waals surface area contributed by atoms with Crippen molar-refractivity contribution in [1.82, 2.24) is 14.5 Å². The third-order valence-electron chi connectivity index (χ3n) is 5.69. The van der Waals surface area contributed by atoms with E-state index in [1.54, 1.807) is 10.6 Å². The SMILES string of the molecule is CC(C)(C)[Si](C)(C)OC1C(O[P+](=O)O)[C@H](n2cnc3c(=O)[nH]ccc32)O[C@@H]1CO. The third-order valence-corrected chi connectivity index (χ3v) is 10.6. The van der Waals surface area contributed by atoms with Gasteiger partial charge in [0, 0.05) is 10.8 Å². The second-order valence-corrected chi connectivity index (χ2v) is 14.0. The first-order valence-electron chi connectivity index (χ1n) is 9.27. The second kappa shape index (κ2) is 7.99. The molecule has 3 heterocycles. The standard InChI is InChI=1S/C17H26N3O7PSi/c1-17(2,3)29(4,5)27-13-11(8-21)25-16(14(13)26-28(23)24)20-9-19-12-10(20)6-7-18-15(12)22/h6-7,9,11,13-14,16,21H,8H2,1-5H3,(H-,18,22,23,24)/p+1/t11-,13?,14?,16-/m1/s1. The van der Waals surface area contributed by atoms with Crippen molar-refractivity contribution in [3.8, 4) is 0 Å². The molecular weight excluding hydrogens is 417 g/mol. The Balaban J connectivity index is 2.04. The maximum atomic E-state index is 12.0. The van der Waals surface area contributed by atoms with Crippen molar-refractivity contribution in [3.05, 3.63) is 28.9 Å². The molecule has 0 aromatic carbocycles. The zero-order chi connectivity index (χ0) is 21.6. The Morgan fingerprint density at radius 3 is 2.66 bits per heavy atom. The summed E-state index contributed by atoms with van der Waals surface area (Å²) in [6.45, 7) is 9.93. The molecule has 1 aliphatic heterocycles. The summed E-state index contributed by atoms with van der Waals surface area (Å²) in [5.41, 5.74) is 0.320. The molecule has 1 aliphatic rings. The number of imidazole rings is 1. The highest BCUT2D eigenvalue weighted by molar-refractivity contribution is 7.32. The Kier molecular flexibility index (Phi) is 6.12. The number of hydrogen-bond acceptors (Lipinski definition) is 7. The van der Waals surface area contributed by atoms with Crippen LogP contribution in [0, 0.1) is 0 Å². The van der Waals surface area contributed by atoms with Gasteiger partial charge in [-0.15, -0.1) is 9.42 Å².